The van der Waals surface area contributed by atoms with Crippen molar-refractivity contribution in [2.45, 2.75) is 46.1 Å². The zero-order valence-corrected chi connectivity index (χ0v) is 12.1. The second-order valence-electron chi connectivity index (χ2n) is 5.50. The minimum Gasteiger partial charge on any atom is -0.267 e. The molecule has 2 aromatic rings. The largest absolute Gasteiger partial charge is 0.270 e. The minimum absolute atomic E-state index is 0.109. The van der Waals surface area contributed by atoms with E-state index in [2.05, 4.69) is 36.3 Å². The Bertz CT molecular complexity index is 683. The van der Waals surface area contributed by atoms with Gasteiger partial charge in [0, 0.05) is 17.7 Å². The molecule has 3 rings (SSSR count). The molecule has 0 amide bonds. The molecule has 0 atom stereocenters. The number of aromatic nitrogens is 2. The summed E-state index contributed by atoms with van der Waals surface area (Å²) in [5.41, 5.74) is 5.64. The molecule has 0 spiro atoms. The third kappa shape index (κ3) is 2.17. The number of benzene rings is 1. The number of fused-ring (bicyclic) bond motifs is 1. The zero-order valence-electron chi connectivity index (χ0n) is 12.1. The average molecular weight is 268 g/mol. The van der Waals surface area contributed by atoms with Gasteiger partial charge in [-0.25, -0.2) is 4.68 Å². The van der Waals surface area contributed by atoms with Gasteiger partial charge >= 0.3 is 0 Å². The van der Waals surface area contributed by atoms with E-state index >= 15 is 0 Å². The first-order valence-corrected chi connectivity index (χ1v) is 7.40. The first-order chi connectivity index (χ1) is 9.70. The fraction of sp³-hybridized carbons (Fsp3) is 0.412. The molecule has 1 aromatic heterocycles. The molecule has 1 aliphatic carbocycles. The molecule has 3 nitrogen and oxygen atoms in total. The molecule has 0 saturated heterocycles. The van der Waals surface area contributed by atoms with Crippen LogP contribution < -0.4 is 5.56 Å². The van der Waals surface area contributed by atoms with Gasteiger partial charge in [0.1, 0.15) is 0 Å². The Morgan fingerprint density at radius 1 is 1.10 bits per heavy atom. The molecule has 0 bridgehead atoms. The fourth-order valence-corrected chi connectivity index (χ4v) is 2.94. The molecular formula is C17H20N2O. The summed E-state index contributed by atoms with van der Waals surface area (Å²) in [6.07, 6.45) is 4.15. The Labute approximate surface area is 119 Å². The number of nitrogens with zero attached hydrogens (tertiary/aromatic N) is 2. The summed E-state index contributed by atoms with van der Waals surface area (Å²) in [6, 6.07) is 8.43. The summed E-state index contributed by atoms with van der Waals surface area (Å²) < 4.78 is 1.61. The van der Waals surface area contributed by atoms with Crippen molar-refractivity contribution < 1.29 is 0 Å². The van der Waals surface area contributed by atoms with E-state index in [9.17, 15) is 4.79 Å². The van der Waals surface area contributed by atoms with E-state index in [0.717, 1.165) is 42.5 Å². The zero-order chi connectivity index (χ0) is 14.1. The lowest BCUT2D eigenvalue weighted by molar-refractivity contribution is 0.581. The van der Waals surface area contributed by atoms with Crippen molar-refractivity contribution in [1.82, 2.24) is 9.78 Å². The molecule has 0 fully saturated rings. The summed E-state index contributed by atoms with van der Waals surface area (Å²) >= 11 is 0. The van der Waals surface area contributed by atoms with Gasteiger partial charge in [-0.3, -0.25) is 4.79 Å². The van der Waals surface area contributed by atoms with E-state index in [1.807, 2.05) is 6.92 Å². The number of aryl methyl sites for hydroxylation is 2. The van der Waals surface area contributed by atoms with Gasteiger partial charge in [-0.1, -0.05) is 29.8 Å². The van der Waals surface area contributed by atoms with Crippen LogP contribution in [0.5, 0.6) is 0 Å². The van der Waals surface area contributed by atoms with Gasteiger partial charge in [0.05, 0.1) is 5.69 Å². The lowest BCUT2D eigenvalue weighted by Crippen LogP contribution is -2.29. The first-order valence-electron chi connectivity index (χ1n) is 7.40. The van der Waals surface area contributed by atoms with Crippen LogP contribution in [-0.2, 0) is 19.4 Å². The topological polar surface area (TPSA) is 34.9 Å². The van der Waals surface area contributed by atoms with Gasteiger partial charge in [-0.2, -0.15) is 5.10 Å². The van der Waals surface area contributed by atoms with Crippen LogP contribution in [-0.4, -0.2) is 9.78 Å². The molecule has 0 radical (unpaired) electrons. The van der Waals surface area contributed by atoms with Crippen LogP contribution in [0.1, 0.15) is 36.5 Å². The summed E-state index contributed by atoms with van der Waals surface area (Å²) in [6.45, 7) is 4.69. The molecule has 1 aliphatic rings. The molecule has 0 saturated carbocycles. The maximum atomic E-state index is 12.4. The molecule has 20 heavy (non-hydrogen) atoms. The van der Waals surface area contributed by atoms with E-state index in [1.54, 1.807) is 4.68 Å². The van der Waals surface area contributed by atoms with Crippen molar-refractivity contribution in [3.63, 3.8) is 0 Å². The van der Waals surface area contributed by atoms with Gasteiger partial charge in [0.15, 0.2) is 0 Å². The van der Waals surface area contributed by atoms with Crippen molar-refractivity contribution >= 4 is 0 Å². The highest BCUT2D eigenvalue weighted by Crippen LogP contribution is 2.28. The standard InChI is InChI=1S/C17H20N2O/c1-3-19-17(20)15-7-5-4-6-14(15)16(18-19)13-10-8-12(2)9-11-13/h8-11H,3-7H2,1-2H3. The molecule has 0 unspecified atom stereocenters. The fourth-order valence-electron chi connectivity index (χ4n) is 2.94. The lowest BCUT2D eigenvalue weighted by Gasteiger charge is -2.20. The molecule has 1 aromatic carbocycles. The highest BCUT2D eigenvalue weighted by molar-refractivity contribution is 5.64. The van der Waals surface area contributed by atoms with E-state index in [4.69, 9.17) is 0 Å². The molecule has 0 N–H and O–H groups in total. The highest BCUT2D eigenvalue weighted by Gasteiger charge is 2.20. The Morgan fingerprint density at radius 3 is 2.40 bits per heavy atom. The molecule has 1 heterocycles. The third-order valence-electron chi connectivity index (χ3n) is 4.09. The van der Waals surface area contributed by atoms with Gasteiger partial charge in [0.25, 0.3) is 5.56 Å². The maximum Gasteiger partial charge on any atom is 0.270 e. The molecule has 104 valence electrons. The normalized spacial score (nSPS) is 14.1. The van der Waals surface area contributed by atoms with Gasteiger partial charge in [-0.05, 0) is 45.1 Å². The Kier molecular flexibility index (Phi) is 3.43. The average Bonchev–Trinajstić information content (AvgIpc) is 2.49. The Hall–Kier alpha value is -1.90. The summed E-state index contributed by atoms with van der Waals surface area (Å²) in [5, 5.41) is 4.61. The van der Waals surface area contributed by atoms with E-state index in [-0.39, 0.29) is 5.56 Å². The number of rotatable bonds is 2. The van der Waals surface area contributed by atoms with Crippen LogP contribution in [0.2, 0.25) is 0 Å². The number of hydrogen-bond donors (Lipinski definition) is 0. The second-order valence-corrected chi connectivity index (χ2v) is 5.50. The number of hydrogen-bond acceptors (Lipinski definition) is 2. The van der Waals surface area contributed by atoms with Crippen LogP contribution in [0.15, 0.2) is 29.1 Å². The highest BCUT2D eigenvalue weighted by atomic mass is 16.1. The lowest BCUT2D eigenvalue weighted by atomic mass is 9.89. The van der Waals surface area contributed by atoms with Gasteiger partial charge in [0.2, 0.25) is 0 Å². The smallest absolute Gasteiger partial charge is 0.267 e. The molecule has 3 heteroatoms. The van der Waals surface area contributed by atoms with Crippen LogP contribution in [0.25, 0.3) is 11.3 Å². The van der Waals surface area contributed by atoms with Crippen LogP contribution in [0.3, 0.4) is 0 Å². The van der Waals surface area contributed by atoms with E-state index in [1.165, 1.54) is 11.1 Å². The predicted octanol–water partition coefficient (Wildman–Crippen LogP) is 3.12. The predicted molar refractivity (Wildman–Crippen MR) is 81.0 cm³/mol. The van der Waals surface area contributed by atoms with Crippen molar-refractivity contribution in [2.24, 2.45) is 0 Å². The molecule has 0 aliphatic heterocycles. The second kappa shape index (κ2) is 5.23. The van der Waals surface area contributed by atoms with Crippen molar-refractivity contribution in [3.05, 3.63) is 51.3 Å². The third-order valence-corrected chi connectivity index (χ3v) is 4.09. The summed E-state index contributed by atoms with van der Waals surface area (Å²) in [4.78, 5) is 12.4. The SMILES string of the molecule is CCn1nc(-c2ccc(C)cc2)c2c(c1=O)CCCC2. The van der Waals surface area contributed by atoms with Gasteiger partial charge in [-0.15, -0.1) is 0 Å². The van der Waals surface area contributed by atoms with Crippen LogP contribution in [0.4, 0.5) is 0 Å². The summed E-state index contributed by atoms with van der Waals surface area (Å²) in [5.74, 6) is 0. The van der Waals surface area contributed by atoms with Crippen LogP contribution in [0, 0.1) is 6.92 Å². The van der Waals surface area contributed by atoms with Crippen molar-refractivity contribution in [1.29, 1.82) is 0 Å². The maximum absolute atomic E-state index is 12.4. The van der Waals surface area contributed by atoms with Gasteiger partial charge < -0.3 is 0 Å². The monoisotopic (exact) mass is 268 g/mol. The molecular weight excluding hydrogens is 248 g/mol. The first kappa shape index (κ1) is 13.1. The quantitative estimate of drug-likeness (QED) is 0.838. The van der Waals surface area contributed by atoms with Crippen LogP contribution >= 0.6 is 0 Å². The van der Waals surface area contributed by atoms with E-state index in [0.29, 0.717) is 6.54 Å². The Morgan fingerprint density at radius 2 is 1.75 bits per heavy atom. The van der Waals surface area contributed by atoms with E-state index < -0.39 is 0 Å². The Balaban J connectivity index is 2.24. The van der Waals surface area contributed by atoms with Crippen molar-refractivity contribution in [2.75, 3.05) is 0 Å². The van der Waals surface area contributed by atoms with Crippen molar-refractivity contribution in [3.8, 4) is 11.3 Å². The minimum atomic E-state index is 0.109. The summed E-state index contributed by atoms with van der Waals surface area (Å²) in [7, 11) is 0.